The summed E-state index contributed by atoms with van der Waals surface area (Å²) in [6.45, 7) is -0.140. The Balaban J connectivity index is 1.60. The number of imide groups is 1. The van der Waals surface area contributed by atoms with Gasteiger partial charge in [-0.2, -0.15) is 0 Å². The second kappa shape index (κ2) is 8.53. The SMILES string of the molecule is O=C(NCCN1C(=O)SC(=Cc2ccc(Cl)cc2)C1=O)c1ccc(F)cc1F. The maximum Gasteiger partial charge on any atom is 0.293 e. The number of nitrogens with zero attached hydrogens (tertiary/aromatic N) is 1. The molecule has 3 rings (SSSR count). The first-order chi connectivity index (χ1) is 13.3. The highest BCUT2D eigenvalue weighted by Gasteiger charge is 2.34. The Morgan fingerprint density at radius 3 is 2.54 bits per heavy atom. The van der Waals surface area contributed by atoms with Crippen molar-refractivity contribution in [3.05, 3.63) is 75.2 Å². The van der Waals surface area contributed by atoms with E-state index in [9.17, 15) is 23.2 Å². The number of benzene rings is 2. The highest BCUT2D eigenvalue weighted by Crippen LogP contribution is 2.32. The van der Waals surface area contributed by atoms with Crippen LogP contribution in [0.3, 0.4) is 0 Å². The molecule has 0 saturated carbocycles. The fourth-order valence-electron chi connectivity index (χ4n) is 2.45. The van der Waals surface area contributed by atoms with Crippen LogP contribution < -0.4 is 5.32 Å². The van der Waals surface area contributed by atoms with Crippen LogP contribution in [0.4, 0.5) is 13.6 Å². The standard InChI is InChI=1S/C19H13ClF2N2O3S/c20-12-3-1-11(2-4-12)9-16-18(26)24(19(27)28-16)8-7-23-17(25)14-6-5-13(21)10-15(14)22/h1-6,9-10H,7-8H2,(H,23,25). The molecule has 5 nitrogen and oxygen atoms in total. The first-order valence-electron chi connectivity index (χ1n) is 8.09. The lowest BCUT2D eigenvalue weighted by Crippen LogP contribution is -2.37. The number of hydrogen-bond acceptors (Lipinski definition) is 4. The van der Waals surface area contributed by atoms with Crippen molar-refractivity contribution in [2.75, 3.05) is 13.1 Å². The highest BCUT2D eigenvalue weighted by molar-refractivity contribution is 8.18. The maximum absolute atomic E-state index is 13.6. The minimum atomic E-state index is -0.991. The number of amides is 3. The van der Waals surface area contributed by atoms with E-state index in [4.69, 9.17) is 11.6 Å². The Bertz CT molecular complexity index is 980. The van der Waals surface area contributed by atoms with Crippen molar-refractivity contribution < 1.29 is 23.2 Å². The van der Waals surface area contributed by atoms with E-state index >= 15 is 0 Å². The first kappa shape index (κ1) is 20.0. The molecule has 3 amide bonds. The molecule has 0 bridgehead atoms. The molecule has 0 atom stereocenters. The van der Waals surface area contributed by atoms with E-state index in [1.165, 1.54) is 0 Å². The van der Waals surface area contributed by atoms with Gasteiger partial charge in [0, 0.05) is 24.2 Å². The summed E-state index contributed by atoms with van der Waals surface area (Å²) < 4.78 is 26.5. The number of hydrogen-bond donors (Lipinski definition) is 1. The summed E-state index contributed by atoms with van der Waals surface area (Å²) >= 11 is 6.61. The second-order valence-corrected chi connectivity index (χ2v) is 7.19. The van der Waals surface area contributed by atoms with Crippen LogP contribution in [0, 0.1) is 11.6 Å². The average Bonchev–Trinajstić information content (AvgIpc) is 2.91. The Morgan fingerprint density at radius 1 is 1.14 bits per heavy atom. The van der Waals surface area contributed by atoms with Gasteiger partial charge in [0.25, 0.3) is 17.1 Å². The number of thioether (sulfide) groups is 1. The van der Waals surface area contributed by atoms with Crippen LogP contribution in [0.5, 0.6) is 0 Å². The zero-order valence-electron chi connectivity index (χ0n) is 14.2. The van der Waals surface area contributed by atoms with Gasteiger partial charge in [0.15, 0.2) is 0 Å². The van der Waals surface area contributed by atoms with Crippen molar-refractivity contribution in [1.29, 1.82) is 0 Å². The largest absolute Gasteiger partial charge is 0.350 e. The number of carbonyl (C=O) groups excluding carboxylic acids is 3. The third-order valence-corrected chi connectivity index (χ3v) is 5.00. The molecule has 1 saturated heterocycles. The van der Waals surface area contributed by atoms with Crippen LogP contribution in [0.15, 0.2) is 47.4 Å². The van der Waals surface area contributed by atoms with Crippen LogP contribution in [0.1, 0.15) is 15.9 Å². The fourth-order valence-corrected chi connectivity index (χ4v) is 3.44. The molecule has 1 N–H and O–H groups in total. The quantitative estimate of drug-likeness (QED) is 0.737. The van der Waals surface area contributed by atoms with Crippen molar-refractivity contribution in [2.45, 2.75) is 0 Å². The molecule has 0 aliphatic carbocycles. The molecule has 0 unspecified atom stereocenters. The lowest BCUT2D eigenvalue weighted by molar-refractivity contribution is -0.122. The van der Waals surface area contributed by atoms with E-state index in [1.54, 1.807) is 30.3 Å². The van der Waals surface area contributed by atoms with Crippen LogP contribution in [-0.2, 0) is 4.79 Å². The van der Waals surface area contributed by atoms with Gasteiger partial charge in [0.1, 0.15) is 11.6 Å². The predicted octanol–water partition coefficient (Wildman–Crippen LogP) is 4.08. The highest BCUT2D eigenvalue weighted by atomic mass is 35.5. The van der Waals surface area contributed by atoms with Crippen molar-refractivity contribution >= 4 is 46.5 Å². The molecule has 2 aromatic rings. The fraction of sp³-hybridized carbons (Fsp3) is 0.105. The zero-order chi connectivity index (χ0) is 20.3. The zero-order valence-corrected chi connectivity index (χ0v) is 15.8. The van der Waals surface area contributed by atoms with Crippen LogP contribution >= 0.6 is 23.4 Å². The molecular formula is C19H13ClF2N2O3S. The summed E-state index contributed by atoms with van der Waals surface area (Å²) in [5.74, 6) is -3.03. The molecule has 1 aliphatic heterocycles. The Kier molecular flexibility index (Phi) is 6.11. The maximum atomic E-state index is 13.6. The van der Waals surface area contributed by atoms with Gasteiger partial charge in [-0.25, -0.2) is 8.78 Å². The van der Waals surface area contributed by atoms with Gasteiger partial charge in [-0.3, -0.25) is 19.3 Å². The molecule has 144 valence electrons. The molecule has 1 aliphatic rings. The van der Waals surface area contributed by atoms with Gasteiger partial charge in [-0.15, -0.1) is 0 Å². The van der Waals surface area contributed by atoms with Crippen molar-refractivity contribution in [3.8, 4) is 0 Å². The molecule has 1 heterocycles. The van der Waals surface area contributed by atoms with E-state index in [0.29, 0.717) is 11.1 Å². The molecule has 0 spiro atoms. The Hall–Kier alpha value is -2.71. The molecule has 2 aromatic carbocycles. The molecule has 0 aromatic heterocycles. The van der Waals surface area contributed by atoms with Crippen LogP contribution in [0.25, 0.3) is 6.08 Å². The summed E-state index contributed by atoms with van der Waals surface area (Å²) in [6, 6.07) is 9.36. The lowest BCUT2D eigenvalue weighted by atomic mass is 10.2. The van der Waals surface area contributed by atoms with Crippen molar-refractivity contribution in [2.24, 2.45) is 0 Å². The van der Waals surface area contributed by atoms with Gasteiger partial charge in [0.05, 0.1) is 10.5 Å². The number of rotatable bonds is 5. The van der Waals surface area contributed by atoms with Gasteiger partial charge >= 0.3 is 0 Å². The summed E-state index contributed by atoms with van der Waals surface area (Å²) in [6.07, 6.45) is 1.58. The average molecular weight is 423 g/mol. The lowest BCUT2D eigenvalue weighted by Gasteiger charge is -2.13. The summed E-state index contributed by atoms with van der Waals surface area (Å²) in [5.41, 5.74) is 0.396. The van der Waals surface area contributed by atoms with E-state index in [2.05, 4.69) is 5.32 Å². The van der Waals surface area contributed by atoms with Crippen molar-refractivity contribution in [1.82, 2.24) is 10.2 Å². The van der Waals surface area contributed by atoms with Crippen LogP contribution in [-0.4, -0.2) is 35.0 Å². The van der Waals surface area contributed by atoms with Gasteiger partial charge < -0.3 is 5.32 Å². The monoisotopic (exact) mass is 422 g/mol. The third kappa shape index (κ3) is 4.58. The summed E-state index contributed by atoms with van der Waals surface area (Å²) in [4.78, 5) is 37.7. The predicted molar refractivity (Wildman–Crippen MR) is 103 cm³/mol. The van der Waals surface area contributed by atoms with E-state index in [0.717, 1.165) is 34.4 Å². The summed E-state index contributed by atoms with van der Waals surface area (Å²) in [5, 5.41) is 2.50. The number of carbonyl (C=O) groups is 3. The van der Waals surface area contributed by atoms with Gasteiger partial charge in [-0.05, 0) is 47.7 Å². The molecule has 0 radical (unpaired) electrons. The number of nitrogens with one attached hydrogen (secondary N) is 1. The van der Waals surface area contributed by atoms with Gasteiger partial charge in [-0.1, -0.05) is 23.7 Å². The Morgan fingerprint density at radius 2 is 1.86 bits per heavy atom. The third-order valence-electron chi connectivity index (χ3n) is 3.84. The van der Waals surface area contributed by atoms with Gasteiger partial charge in [0.2, 0.25) is 0 Å². The van der Waals surface area contributed by atoms with Crippen LogP contribution in [0.2, 0.25) is 5.02 Å². The minimum Gasteiger partial charge on any atom is -0.350 e. The van der Waals surface area contributed by atoms with Crippen molar-refractivity contribution in [3.63, 3.8) is 0 Å². The topological polar surface area (TPSA) is 66.5 Å². The van der Waals surface area contributed by atoms with E-state index < -0.39 is 28.7 Å². The molecule has 1 fully saturated rings. The van der Waals surface area contributed by atoms with E-state index in [1.807, 2.05) is 0 Å². The minimum absolute atomic E-state index is 0.0675. The molecular weight excluding hydrogens is 410 g/mol. The smallest absolute Gasteiger partial charge is 0.293 e. The number of halogens is 3. The second-order valence-electron chi connectivity index (χ2n) is 5.76. The Labute approximate surface area is 168 Å². The molecule has 9 heteroatoms. The first-order valence-corrected chi connectivity index (χ1v) is 9.29. The normalized spacial score (nSPS) is 15.4. The van der Waals surface area contributed by atoms with E-state index in [-0.39, 0.29) is 23.6 Å². The summed E-state index contributed by atoms with van der Waals surface area (Å²) in [7, 11) is 0. The molecule has 28 heavy (non-hydrogen) atoms.